The lowest BCUT2D eigenvalue weighted by Crippen LogP contribution is -2.43. The number of carbonyl (C=O) groups excluding carboxylic acids is 1. The molecule has 7 heteroatoms. The summed E-state index contributed by atoms with van der Waals surface area (Å²) >= 11 is 0. The highest BCUT2D eigenvalue weighted by molar-refractivity contribution is 5.90. The molecule has 4 N–H and O–H groups in total. The van der Waals surface area contributed by atoms with Crippen molar-refractivity contribution in [1.29, 1.82) is 0 Å². The number of carbonyl (C=O) groups is 2. The van der Waals surface area contributed by atoms with Crippen molar-refractivity contribution in [3.05, 3.63) is 12.3 Å². The number of anilines is 1. The maximum atomic E-state index is 11.1. The zero-order valence-corrected chi connectivity index (χ0v) is 8.17. The molecule has 2 amide bonds. The third-order valence-electron chi connectivity index (χ3n) is 1.89. The molecule has 0 saturated carbocycles. The summed E-state index contributed by atoms with van der Waals surface area (Å²) in [6, 6.07) is 0.303. The number of carboxylic acid groups (broad SMARTS) is 1. The minimum absolute atomic E-state index is 0.179. The highest BCUT2D eigenvalue weighted by Gasteiger charge is 2.22. The summed E-state index contributed by atoms with van der Waals surface area (Å²) in [5.41, 5.74) is 5.15. The summed E-state index contributed by atoms with van der Waals surface area (Å²) in [4.78, 5) is 22.8. The van der Waals surface area contributed by atoms with Crippen LogP contribution in [0.5, 0.6) is 0 Å². The summed E-state index contributed by atoms with van der Waals surface area (Å²) < 4.78 is 0. The molecule has 15 heavy (non-hydrogen) atoms. The topological polar surface area (TPSA) is 112 Å². The normalized spacial score (nSPS) is 12.1. The summed E-state index contributed by atoms with van der Waals surface area (Å²) in [6.07, 6.45) is 1.28. The number of urea groups is 1. The van der Waals surface area contributed by atoms with Crippen molar-refractivity contribution in [2.45, 2.75) is 19.4 Å². The van der Waals surface area contributed by atoms with E-state index in [4.69, 9.17) is 10.8 Å². The van der Waals surface area contributed by atoms with Gasteiger partial charge in [0.25, 0.3) is 0 Å². The van der Waals surface area contributed by atoms with Crippen molar-refractivity contribution in [3.8, 4) is 0 Å². The van der Waals surface area contributed by atoms with E-state index in [0.29, 0.717) is 5.82 Å². The number of nitrogens with two attached hydrogens (primary N) is 1. The number of hydrogen-bond donors (Lipinski definition) is 3. The predicted molar refractivity (Wildman–Crippen MR) is 52.4 cm³/mol. The zero-order chi connectivity index (χ0) is 11.4. The Morgan fingerprint density at radius 1 is 1.73 bits per heavy atom. The molecule has 1 heterocycles. The van der Waals surface area contributed by atoms with Crippen molar-refractivity contribution >= 4 is 17.8 Å². The Labute approximate surface area is 85.9 Å². The highest BCUT2D eigenvalue weighted by atomic mass is 16.4. The van der Waals surface area contributed by atoms with E-state index in [2.05, 4.69) is 10.2 Å². The van der Waals surface area contributed by atoms with Crippen molar-refractivity contribution in [2.75, 3.05) is 4.90 Å². The SMILES string of the molecule is CC(CC(=O)O)N(C(N)=O)c1ccn[nH]1. The number of aromatic nitrogens is 2. The number of aliphatic carboxylic acids is 1. The van der Waals surface area contributed by atoms with Crippen LogP contribution in [0, 0.1) is 0 Å². The molecular formula is C8H12N4O3. The fourth-order valence-corrected chi connectivity index (χ4v) is 1.30. The fraction of sp³-hybridized carbons (Fsp3) is 0.375. The molecule has 1 aromatic rings. The predicted octanol–water partition coefficient (Wildman–Crippen LogP) is 0.158. The number of nitrogens with one attached hydrogen (secondary N) is 1. The van der Waals surface area contributed by atoms with E-state index in [1.165, 1.54) is 6.20 Å². The number of amides is 2. The molecule has 0 aliphatic rings. The number of primary amides is 1. The summed E-state index contributed by atoms with van der Waals surface area (Å²) in [6.45, 7) is 1.60. The van der Waals surface area contributed by atoms with E-state index < -0.39 is 18.0 Å². The van der Waals surface area contributed by atoms with Gasteiger partial charge < -0.3 is 10.8 Å². The second-order valence-corrected chi connectivity index (χ2v) is 3.10. The Bertz CT molecular complexity index is 349. The average Bonchev–Trinajstić information content (AvgIpc) is 2.54. The highest BCUT2D eigenvalue weighted by Crippen LogP contribution is 2.14. The van der Waals surface area contributed by atoms with E-state index in [1.807, 2.05) is 0 Å². The molecule has 1 rings (SSSR count). The Balaban J connectivity index is 2.84. The number of rotatable bonds is 4. The van der Waals surface area contributed by atoms with Crippen molar-refractivity contribution < 1.29 is 14.7 Å². The molecule has 0 aromatic carbocycles. The molecule has 0 radical (unpaired) electrons. The molecule has 0 aliphatic heterocycles. The number of carboxylic acids is 1. The molecule has 0 saturated heterocycles. The first kappa shape index (κ1) is 11.0. The Morgan fingerprint density at radius 2 is 2.40 bits per heavy atom. The van der Waals surface area contributed by atoms with Crippen LogP contribution in [0.25, 0.3) is 0 Å². The standard InChI is InChI=1S/C8H12N4O3/c1-5(4-7(13)14)12(8(9)15)6-2-3-10-11-6/h2-3,5H,4H2,1H3,(H2,9,15)(H,10,11)(H,13,14). The first-order valence-corrected chi connectivity index (χ1v) is 4.32. The first-order valence-electron chi connectivity index (χ1n) is 4.32. The van der Waals surface area contributed by atoms with Gasteiger partial charge in [-0.25, -0.2) is 4.79 Å². The lowest BCUT2D eigenvalue weighted by Gasteiger charge is -2.24. The van der Waals surface area contributed by atoms with E-state index in [-0.39, 0.29) is 6.42 Å². The van der Waals surface area contributed by atoms with Gasteiger partial charge in [-0.1, -0.05) is 0 Å². The second kappa shape index (κ2) is 4.45. The zero-order valence-electron chi connectivity index (χ0n) is 8.17. The Kier molecular flexibility index (Phi) is 3.27. The van der Waals surface area contributed by atoms with Gasteiger partial charge in [0, 0.05) is 12.1 Å². The minimum atomic E-state index is -0.992. The lowest BCUT2D eigenvalue weighted by atomic mass is 10.2. The van der Waals surface area contributed by atoms with Crippen LogP contribution in [-0.2, 0) is 4.79 Å². The average molecular weight is 212 g/mol. The molecule has 1 aromatic heterocycles. The number of hydrogen-bond acceptors (Lipinski definition) is 3. The molecule has 0 spiro atoms. The Hall–Kier alpha value is -2.05. The molecule has 0 aliphatic carbocycles. The minimum Gasteiger partial charge on any atom is -0.481 e. The van der Waals surface area contributed by atoms with Gasteiger partial charge in [0.05, 0.1) is 12.6 Å². The molecule has 1 unspecified atom stereocenters. The number of H-pyrrole nitrogens is 1. The number of nitrogens with zero attached hydrogens (tertiary/aromatic N) is 2. The van der Waals surface area contributed by atoms with Crippen LogP contribution in [0.1, 0.15) is 13.3 Å². The van der Waals surface area contributed by atoms with Crippen LogP contribution >= 0.6 is 0 Å². The van der Waals surface area contributed by atoms with Gasteiger partial charge in [0.15, 0.2) is 0 Å². The van der Waals surface area contributed by atoms with Crippen LogP contribution in [0.4, 0.5) is 10.6 Å². The monoisotopic (exact) mass is 212 g/mol. The van der Waals surface area contributed by atoms with Gasteiger partial charge in [-0.15, -0.1) is 0 Å². The second-order valence-electron chi connectivity index (χ2n) is 3.10. The molecule has 0 fully saturated rings. The van der Waals surface area contributed by atoms with Crippen LogP contribution < -0.4 is 10.6 Å². The smallest absolute Gasteiger partial charge is 0.320 e. The fourth-order valence-electron chi connectivity index (χ4n) is 1.30. The van der Waals surface area contributed by atoms with Gasteiger partial charge in [0.2, 0.25) is 0 Å². The van der Waals surface area contributed by atoms with E-state index in [0.717, 1.165) is 4.90 Å². The maximum absolute atomic E-state index is 11.1. The van der Waals surface area contributed by atoms with Gasteiger partial charge in [-0.05, 0) is 6.92 Å². The summed E-state index contributed by atoms with van der Waals surface area (Å²) in [7, 11) is 0. The van der Waals surface area contributed by atoms with Crippen molar-refractivity contribution in [3.63, 3.8) is 0 Å². The largest absolute Gasteiger partial charge is 0.481 e. The first-order chi connectivity index (χ1) is 7.02. The van der Waals surface area contributed by atoms with Crippen LogP contribution in [0.3, 0.4) is 0 Å². The summed E-state index contributed by atoms with van der Waals surface area (Å²) in [5.74, 6) is -0.607. The third-order valence-corrected chi connectivity index (χ3v) is 1.89. The quantitative estimate of drug-likeness (QED) is 0.659. The molecule has 82 valence electrons. The van der Waals surface area contributed by atoms with Gasteiger partial charge in [0.1, 0.15) is 5.82 Å². The van der Waals surface area contributed by atoms with Gasteiger partial charge in [-0.2, -0.15) is 5.10 Å². The van der Waals surface area contributed by atoms with E-state index in [1.54, 1.807) is 13.0 Å². The molecule has 0 bridgehead atoms. The van der Waals surface area contributed by atoms with Crippen LogP contribution in [-0.4, -0.2) is 33.3 Å². The summed E-state index contributed by atoms with van der Waals surface area (Å²) in [5, 5.41) is 14.8. The molecular weight excluding hydrogens is 200 g/mol. The van der Waals surface area contributed by atoms with Crippen LogP contribution in [0.2, 0.25) is 0 Å². The van der Waals surface area contributed by atoms with E-state index in [9.17, 15) is 9.59 Å². The third kappa shape index (κ3) is 2.70. The molecule has 7 nitrogen and oxygen atoms in total. The van der Waals surface area contributed by atoms with Gasteiger partial charge >= 0.3 is 12.0 Å². The van der Waals surface area contributed by atoms with E-state index >= 15 is 0 Å². The Morgan fingerprint density at radius 3 is 2.80 bits per heavy atom. The molecule has 1 atom stereocenters. The number of aromatic amines is 1. The van der Waals surface area contributed by atoms with Crippen molar-refractivity contribution in [2.24, 2.45) is 5.73 Å². The lowest BCUT2D eigenvalue weighted by molar-refractivity contribution is -0.137. The van der Waals surface area contributed by atoms with Gasteiger partial charge in [-0.3, -0.25) is 14.8 Å². The van der Waals surface area contributed by atoms with Crippen molar-refractivity contribution in [1.82, 2.24) is 10.2 Å². The van der Waals surface area contributed by atoms with Crippen LogP contribution in [0.15, 0.2) is 12.3 Å². The maximum Gasteiger partial charge on any atom is 0.320 e.